The van der Waals surface area contributed by atoms with Crippen molar-refractivity contribution in [2.45, 2.75) is 27.2 Å². The predicted molar refractivity (Wildman–Crippen MR) is 80.5 cm³/mol. The van der Waals surface area contributed by atoms with E-state index in [-0.39, 0.29) is 11.8 Å². The number of hydrogen-bond acceptors (Lipinski definition) is 2. The topological polar surface area (TPSA) is 49.4 Å². The minimum atomic E-state index is -0.0991. The monoisotopic (exact) mass is 276 g/mol. The molecule has 2 amide bonds. The number of nitrogens with one attached hydrogen (secondary N) is 1. The summed E-state index contributed by atoms with van der Waals surface area (Å²) in [6, 6.07) is 9.09. The normalized spacial score (nSPS) is 10.4. The third-order valence-corrected chi connectivity index (χ3v) is 3.12. The molecule has 0 bridgehead atoms. The Morgan fingerprint density at radius 3 is 2.35 bits per heavy atom. The zero-order valence-electron chi connectivity index (χ0n) is 12.6. The molecular formula is C16H24N2O2. The summed E-state index contributed by atoms with van der Waals surface area (Å²) >= 11 is 0. The number of benzene rings is 1. The number of carbonyl (C=O) groups is 2. The summed E-state index contributed by atoms with van der Waals surface area (Å²) in [4.78, 5) is 25.1. The Kier molecular flexibility index (Phi) is 6.77. The molecule has 0 heterocycles. The molecule has 110 valence electrons. The van der Waals surface area contributed by atoms with Crippen molar-refractivity contribution in [3.8, 4) is 0 Å². The molecule has 0 aliphatic heterocycles. The Labute approximate surface area is 121 Å². The van der Waals surface area contributed by atoms with Crippen LogP contribution in [-0.2, 0) is 4.79 Å². The van der Waals surface area contributed by atoms with Crippen LogP contribution in [0.2, 0.25) is 0 Å². The van der Waals surface area contributed by atoms with Crippen LogP contribution in [0.4, 0.5) is 0 Å². The SMILES string of the molecule is CC(=O)N(CCNC(=O)c1ccccc1)CCC(C)C. The van der Waals surface area contributed by atoms with Gasteiger partial charge in [-0.25, -0.2) is 0 Å². The first kappa shape index (κ1) is 16.2. The molecule has 0 aliphatic rings. The number of hydrogen-bond donors (Lipinski definition) is 1. The molecule has 0 radical (unpaired) electrons. The van der Waals surface area contributed by atoms with Crippen molar-refractivity contribution in [2.24, 2.45) is 5.92 Å². The Balaban J connectivity index is 2.37. The summed E-state index contributed by atoms with van der Waals surface area (Å²) in [5, 5.41) is 2.84. The van der Waals surface area contributed by atoms with Gasteiger partial charge in [-0.15, -0.1) is 0 Å². The molecule has 0 aliphatic carbocycles. The van der Waals surface area contributed by atoms with Crippen molar-refractivity contribution < 1.29 is 9.59 Å². The summed E-state index contributed by atoms with van der Waals surface area (Å²) in [6.45, 7) is 7.62. The molecule has 1 aromatic carbocycles. The lowest BCUT2D eigenvalue weighted by molar-refractivity contribution is -0.128. The molecule has 0 unspecified atom stereocenters. The maximum Gasteiger partial charge on any atom is 0.251 e. The molecule has 0 aromatic heterocycles. The van der Waals surface area contributed by atoms with Crippen molar-refractivity contribution in [3.63, 3.8) is 0 Å². The van der Waals surface area contributed by atoms with Gasteiger partial charge in [-0.2, -0.15) is 0 Å². The Hall–Kier alpha value is -1.84. The largest absolute Gasteiger partial charge is 0.350 e. The molecule has 0 spiro atoms. The first-order valence-electron chi connectivity index (χ1n) is 7.09. The second-order valence-corrected chi connectivity index (χ2v) is 5.31. The van der Waals surface area contributed by atoms with Crippen LogP contribution in [0.1, 0.15) is 37.6 Å². The van der Waals surface area contributed by atoms with Crippen LogP contribution in [0.5, 0.6) is 0 Å². The van der Waals surface area contributed by atoms with Crippen molar-refractivity contribution >= 4 is 11.8 Å². The minimum Gasteiger partial charge on any atom is -0.350 e. The molecule has 20 heavy (non-hydrogen) atoms. The predicted octanol–water partition coefficient (Wildman–Crippen LogP) is 2.31. The lowest BCUT2D eigenvalue weighted by atomic mass is 10.1. The van der Waals surface area contributed by atoms with Crippen molar-refractivity contribution in [3.05, 3.63) is 35.9 Å². The van der Waals surface area contributed by atoms with E-state index in [1.54, 1.807) is 24.0 Å². The molecule has 4 heteroatoms. The van der Waals surface area contributed by atoms with Crippen LogP contribution < -0.4 is 5.32 Å². The van der Waals surface area contributed by atoms with Gasteiger partial charge in [0.1, 0.15) is 0 Å². The Bertz CT molecular complexity index is 429. The van der Waals surface area contributed by atoms with Crippen molar-refractivity contribution in [1.29, 1.82) is 0 Å². The van der Waals surface area contributed by atoms with E-state index in [9.17, 15) is 9.59 Å². The maximum atomic E-state index is 11.8. The highest BCUT2D eigenvalue weighted by Gasteiger charge is 2.10. The highest BCUT2D eigenvalue weighted by molar-refractivity contribution is 5.94. The Morgan fingerprint density at radius 1 is 1.15 bits per heavy atom. The van der Waals surface area contributed by atoms with E-state index >= 15 is 0 Å². The van der Waals surface area contributed by atoms with Crippen LogP contribution in [-0.4, -0.2) is 36.3 Å². The third-order valence-electron chi connectivity index (χ3n) is 3.12. The molecule has 1 aromatic rings. The molecule has 0 saturated heterocycles. The fraction of sp³-hybridized carbons (Fsp3) is 0.500. The third kappa shape index (κ3) is 5.87. The van der Waals surface area contributed by atoms with Gasteiger partial charge >= 0.3 is 0 Å². The zero-order chi connectivity index (χ0) is 15.0. The van der Waals surface area contributed by atoms with E-state index in [1.807, 2.05) is 18.2 Å². The second kappa shape index (κ2) is 8.35. The van der Waals surface area contributed by atoms with Gasteiger partial charge in [0.05, 0.1) is 0 Å². The molecular weight excluding hydrogens is 252 g/mol. The van der Waals surface area contributed by atoms with Gasteiger partial charge in [-0.1, -0.05) is 32.0 Å². The summed E-state index contributed by atoms with van der Waals surface area (Å²) in [7, 11) is 0. The molecule has 1 rings (SSSR count). The summed E-state index contributed by atoms with van der Waals surface area (Å²) < 4.78 is 0. The number of amides is 2. The van der Waals surface area contributed by atoms with Gasteiger partial charge in [-0.3, -0.25) is 9.59 Å². The van der Waals surface area contributed by atoms with Gasteiger partial charge in [0.15, 0.2) is 0 Å². The number of carbonyl (C=O) groups excluding carboxylic acids is 2. The van der Waals surface area contributed by atoms with Crippen LogP contribution in [0.25, 0.3) is 0 Å². The second-order valence-electron chi connectivity index (χ2n) is 5.31. The summed E-state index contributed by atoms with van der Waals surface area (Å²) in [6.07, 6.45) is 0.978. The van der Waals surface area contributed by atoms with E-state index in [0.29, 0.717) is 24.6 Å². The molecule has 0 saturated carbocycles. The molecule has 1 N–H and O–H groups in total. The van der Waals surface area contributed by atoms with Crippen molar-refractivity contribution in [1.82, 2.24) is 10.2 Å². The average molecular weight is 276 g/mol. The van der Waals surface area contributed by atoms with E-state index in [4.69, 9.17) is 0 Å². The van der Waals surface area contributed by atoms with E-state index in [0.717, 1.165) is 13.0 Å². The fourth-order valence-corrected chi connectivity index (χ4v) is 1.84. The highest BCUT2D eigenvalue weighted by atomic mass is 16.2. The van der Waals surface area contributed by atoms with Crippen LogP contribution in [0, 0.1) is 5.92 Å². The Morgan fingerprint density at radius 2 is 1.80 bits per heavy atom. The van der Waals surface area contributed by atoms with E-state index < -0.39 is 0 Å². The van der Waals surface area contributed by atoms with Crippen LogP contribution >= 0.6 is 0 Å². The maximum absolute atomic E-state index is 11.8. The summed E-state index contributed by atoms with van der Waals surface area (Å²) in [5.74, 6) is 0.522. The number of rotatable bonds is 7. The van der Waals surface area contributed by atoms with Gasteiger partial charge in [-0.05, 0) is 24.5 Å². The first-order valence-corrected chi connectivity index (χ1v) is 7.09. The molecule has 0 atom stereocenters. The summed E-state index contributed by atoms with van der Waals surface area (Å²) in [5.41, 5.74) is 0.643. The van der Waals surface area contributed by atoms with Gasteiger partial charge in [0, 0.05) is 32.1 Å². The van der Waals surface area contributed by atoms with E-state index in [2.05, 4.69) is 19.2 Å². The van der Waals surface area contributed by atoms with Crippen LogP contribution in [0.3, 0.4) is 0 Å². The average Bonchev–Trinajstić information content (AvgIpc) is 2.42. The molecule has 4 nitrogen and oxygen atoms in total. The standard InChI is InChI=1S/C16H24N2O2/c1-13(2)9-11-18(14(3)19)12-10-17-16(20)15-7-5-4-6-8-15/h4-8,13H,9-12H2,1-3H3,(H,17,20). The number of nitrogens with zero attached hydrogens (tertiary/aromatic N) is 1. The van der Waals surface area contributed by atoms with Gasteiger partial charge in [0.25, 0.3) is 5.91 Å². The van der Waals surface area contributed by atoms with Gasteiger partial charge < -0.3 is 10.2 Å². The lowest BCUT2D eigenvalue weighted by Gasteiger charge is -2.22. The smallest absolute Gasteiger partial charge is 0.251 e. The van der Waals surface area contributed by atoms with Gasteiger partial charge in [0.2, 0.25) is 5.91 Å². The first-order chi connectivity index (χ1) is 9.50. The quantitative estimate of drug-likeness (QED) is 0.831. The van der Waals surface area contributed by atoms with Crippen molar-refractivity contribution in [2.75, 3.05) is 19.6 Å². The van der Waals surface area contributed by atoms with Crippen LogP contribution in [0.15, 0.2) is 30.3 Å². The minimum absolute atomic E-state index is 0.0552. The fourth-order valence-electron chi connectivity index (χ4n) is 1.84. The lowest BCUT2D eigenvalue weighted by Crippen LogP contribution is -2.38. The zero-order valence-corrected chi connectivity index (χ0v) is 12.6. The molecule has 0 fully saturated rings. The highest BCUT2D eigenvalue weighted by Crippen LogP contribution is 2.02. The van der Waals surface area contributed by atoms with E-state index in [1.165, 1.54) is 0 Å².